The predicted octanol–water partition coefficient (Wildman–Crippen LogP) is 6.34. The molecule has 1 aliphatic heterocycles. The fraction of sp³-hybridized carbons (Fsp3) is 0.750. The third-order valence-electron chi connectivity index (χ3n) is 5.50. The predicted molar refractivity (Wildman–Crippen MR) is 122 cm³/mol. The Morgan fingerprint density at radius 3 is 2.30 bits per heavy atom. The van der Waals surface area contributed by atoms with Gasteiger partial charge in [0.2, 0.25) is 0 Å². The number of carbonyl (C=O) groups is 2. The van der Waals surface area contributed by atoms with Crippen LogP contribution in [-0.2, 0) is 23.8 Å². The highest BCUT2D eigenvalue weighted by Gasteiger charge is 2.46. The molecule has 1 saturated carbocycles. The van der Waals surface area contributed by atoms with Crippen LogP contribution in [0.1, 0.15) is 86.0 Å². The molecule has 1 saturated heterocycles. The number of alkyl halides is 1. The van der Waals surface area contributed by atoms with Crippen LogP contribution < -0.4 is 0 Å². The Kier molecular flexibility index (Phi) is 14.6. The maximum atomic E-state index is 11.5. The summed E-state index contributed by atoms with van der Waals surface area (Å²) in [5.74, 6) is 0.946. The van der Waals surface area contributed by atoms with Crippen molar-refractivity contribution in [2.24, 2.45) is 5.92 Å². The molecular formula is C24H41ClO5. The first-order chi connectivity index (χ1) is 14.3. The van der Waals surface area contributed by atoms with E-state index in [0.29, 0.717) is 12.3 Å². The molecule has 0 bridgehead atoms. The minimum Gasteiger partial charge on any atom is -0.504 e. The number of methoxy groups -OCH3 is 2. The Hall–Kier alpha value is -1.49. The molecular weight excluding hydrogens is 404 g/mol. The Balaban J connectivity index is 0.000000524. The van der Waals surface area contributed by atoms with E-state index >= 15 is 0 Å². The number of ether oxygens (including phenoxy) is 3. The van der Waals surface area contributed by atoms with E-state index in [1.807, 2.05) is 40.7 Å². The smallest absolute Gasteiger partial charge is 0.313 e. The topological polar surface area (TPSA) is 61.8 Å². The van der Waals surface area contributed by atoms with Crippen LogP contribution in [0.3, 0.4) is 0 Å². The van der Waals surface area contributed by atoms with Crippen molar-refractivity contribution in [3.8, 4) is 0 Å². The molecule has 2 unspecified atom stereocenters. The fourth-order valence-corrected chi connectivity index (χ4v) is 4.54. The second-order valence-corrected chi connectivity index (χ2v) is 8.06. The first kappa shape index (κ1) is 28.5. The molecule has 1 aliphatic carbocycles. The fourth-order valence-electron chi connectivity index (χ4n) is 4.08. The van der Waals surface area contributed by atoms with Gasteiger partial charge >= 0.3 is 5.97 Å². The van der Waals surface area contributed by atoms with E-state index in [9.17, 15) is 9.59 Å². The van der Waals surface area contributed by atoms with Gasteiger partial charge in [-0.05, 0) is 57.1 Å². The lowest BCUT2D eigenvalue weighted by Crippen LogP contribution is -2.47. The number of rotatable bonds is 7. The van der Waals surface area contributed by atoms with Gasteiger partial charge in [0.15, 0.2) is 0 Å². The Morgan fingerprint density at radius 1 is 1.27 bits per heavy atom. The molecule has 6 heteroatoms. The van der Waals surface area contributed by atoms with Crippen LogP contribution in [0.5, 0.6) is 0 Å². The second-order valence-electron chi connectivity index (χ2n) is 7.53. The van der Waals surface area contributed by atoms with E-state index in [0.717, 1.165) is 37.0 Å². The zero-order chi connectivity index (χ0) is 23.2. The number of ketones is 1. The van der Waals surface area contributed by atoms with Gasteiger partial charge < -0.3 is 14.2 Å². The minimum absolute atomic E-state index is 0.0194. The molecule has 0 spiro atoms. The number of hydrogen-bond acceptors (Lipinski definition) is 5. The van der Waals surface area contributed by atoms with Crippen molar-refractivity contribution in [2.45, 2.75) is 97.0 Å². The number of carbonyl (C=O) groups excluding carboxylic acids is 2. The van der Waals surface area contributed by atoms with Gasteiger partial charge in [0.05, 0.1) is 25.9 Å². The highest BCUT2D eigenvalue weighted by Crippen LogP contribution is 2.42. The van der Waals surface area contributed by atoms with Crippen molar-refractivity contribution in [1.29, 1.82) is 0 Å². The third-order valence-corrected chi connectivity index (χ3v) is 5.87. The Labute approximate surface area is 188 Å². The summed E-state index contributed by atoms with van der Waals surface area (Å²) in [5.41, 5.74) is 0.641. The molecule has 1 heterocycles. The van der Waals surface area contributed by atoms with Gasteiger partial charge in [0.1, 0.15) is 23.6 Å². The van der Waals surface area contributed by atoms with Crippen LogP contribution in [0.4, 0.5) is 0 Å². The monoisotopic (exact) mass is 444 g/mol. The molecule has 2 rings (SSSR count). The van der Waals surface area contributed by atoms with Gasteiger partial charge in [-0.3, -0.25) is 9.59 Å². The van der Waals surface area contributed by atoms with Crippen LogP contribution in [0.15, 0.2) is 23.7 Å². The number of halogens is 1. The van der Waals surface area contributed by atoms with E-state index in [2.05, 4.69) is 0 Å². The largest absolute Gasteiger partial charge is 0.504 e. The molecule has 30 heavy (non-hydrogen) atoms. The lowest BCUT2D eigenvalue weighted by Gasteiger charge is -2.40. The first-order valence-electron chi connectivity index (χ1n) is 11.1. The summed E-state index contributed by atoms with van der Waals surface area (Å²) < 4.78 is 15.5. The van der Waals surface area contributed by atoms with E-state index in [1.165, 1.54) is 12.8 Å². The summed E-state index contributed by atoms with van der Waals surface area (Å²) in [7, 11) is 3.25. The SMILES string of the molecule is C/C=C(/OC)C(Cl)C/C(C)=C/OC.CC.CCC1(C2CCCC2)CC(=O)CC(=O)O1. The maximum Gasteiger partial charge on any atom is 0.313 e. The number of cyclic esters (lactones) is 1. The van der Waals surface area contributed by atoms with Crippen LogP contribution in [0.25, 0.3) is 0 Å². The van der Waals surface area contributed by atoms with Gasteiger partial charge in [-0.25, -0.2) is 0 Å². The second kappa shape index (κ2) is 15.3. The van der Waals surface area contributed by atoms with Gasteiger partial charge in [0.25, 0.3) is 0 Å². The summed E-state index contributed by atoms with van der Waals surface area (Å²) in [6.45, 7) is 9.90. The lowest BCUT2D eigenvalue weighted by atomic mass is 9.78. The number of hydrogen-bond donors (Lipinski definition) is 0. The van der Waals surface area contributed by atoms with Crippen molar-refractivity contribution < 1.29 is 23.8 Å². The molecule has 0 aromatic carbocycles. The van der Waals surface area contributed by atoms with Crippen LogP contribution in [0.2, 0.25) is 0 Å². The average Bonchev–Trinajstić information content (AvgIpc) is 3.26. The molecule has 2 aliphatic rings. The minimum atomic E-state index is -0.455. The van der Waals surface area contributed by atoms with E-state index in [-0.39, 0.29) is 23.6 Å². The highest BCUT2D eigenvalue weighted by molar-refractivity contribution is 6.22. The molecule has 0 N–H and O–H groups in total. The first-order valence-corrected chi connectivity index (χ1v) is 11.5. The molecule has 174 valence electrons. The van der Waals surface area contributed by atoms with Gasteiger partial charge in [-0.1, -0.05) is 33.6 Å². The van der Waals surface area contributed by atoms with Crippen molar-refractivity contribution in [3.05, 3.63) is 23.7 Å². The van der Waals surface area contributed by atoms with E-state index in [1.54, 1.807) is 20.5 Å². The van der Waals surface area contributed by atoms with Crippen molar-refractivity contribution >= 4 is 23.4 Å². The molecule has 0 radical (unpaired) electrons. The quantitative estimate of drug-likeness (QED) is 0.198. The van der Waals surface area contributed by atoms with Gasteiger partial charge in [-0.15, -0.1) is 11.6 Å². The summed E-state index contributed by atoms with van der Waals surface area (Å²) in [6, 6.07) is 0. The summed E-state index contributed by atoms with van der Waals surface area (Å²) in [6.07, 6.45) is 10.1. The van der Waals surface area contributed by atoms with Gasteiger partial charge in [-0.2, -0.15) is 0 Å². The van der Waals surface area contributed by atoms with Crippen LogP contribution in [-0.4, -0.2) is 37.0 Å². The molecule has 2 atom stereocenters. The standard InChI is InChI=1S/C12H18O3.C10H17ClO2.C2H6/c1-2-12(9-5-3-4-6-9)8-10(13)7-11(14)15-12;1-5-10(13-4)9(11)6-8(2)7-12-3;1-2/h9H,2-8H2,1H3;5,7,9H,6H2,1-4H3;1-2H3/b;8-7+,10-5+;. The van der Waals surface area contributed by atoms with Gasteiger partial charge in [0, 0.05) is 6.42 Å². The maximum absolute atomic E-state index is 11.5. The normalized spacial score (nSPS) is 23.5. The van der Waals surface area contributed by atoms with Crippen molar-refractivity contribution in [3.63, 3.8) is 0 Å². The highest BCUT2D eigenvalue weighted by atomic mass is 35.5. The average molecular weight is 445 g/mol. The Bertz CT molecular complexity index is 560. The molecule has 0 amide bonds. The number of allylic oxidation sites excluding steroid dienone is 3. The summed E-state index contributed by atoms with van der Waals surface area (Å²) in [5, 5.41) is -0.110. The molecule has 0 aromatic rings. The lowest BCUT2D eigenvalue weighted by molar-refractivity contribution is -0.177. The summed E-state index contributed by atoms with van der Waals surface area (Å²) in [4.78, 5) is 22.9. The Morgan fingerprint density at radius 2 is 1.87 bits per heavy atom. The van der Waals surface area contributed by atoms with Crippen LogP contribution >= 0.6 is 11.6 Å². The number of esters is 1. The molecule has 0 aromatic heterocycles. The van der Waals surface area contributed by atoms with E-state index < -0.39 is 5.60 Å². The summed E-state index contributed by atoms with van der Waals surface area (Å²) >= 11 is 6.09. The third kappa shape index (κ3) is 9.11. The number of Topliss-reactive ketones (excluding diaryl/α,β-unsaturated/α-hetero) is 1. The van der Waals surface area contributed by atoms with Crippen LogP contribution in [0, 0.1) is 5.92 Å². The molecule has 2 fully saturated rings. The molecule has 5 nitrogen and oxygen atoms in total. The van der Waals surface area contributed by atoms with E-state index in [4.69, 9.17) is 25.8 Å². The zero-order valence-corrected chi connectivity index (χ0v) is 20.6. The van der Waals surface area contributed by atoms with Crippen molar-refractivity contribution in [2.75, 3.05) is 14.2 Å². The van der Waals surface area contributed by atoms with Crippen molar-refractivity contribution in [1.82, 2.24) is 0 Å². The zero-order valence-electron chi connectivity index (χ0n) is 19.9.